The van der Waals surface area contributed by atoms with Crippen LogP contribution in [-0.2, 0) is 0 Å². The number of furan rings is 1. The maximum Gasteiger partial charge on any atom is 0.291 e. The fourth-order valence-corrected chi connectivity index (χ4v) is 2.60. The van der Waals surface area contributed by atoms with Gasteiger partial charge < -0.3 is 15.5 Å². The molecule has 0 aliphatic heterocycles. The van der Waals surface area contributed by atoms with Gasteiger partial charge in [0.1, 0.15) is 11.6 Å². The molecule has 1 aromatic heterocycles. The number of halogens is 3. The number of nitrogen functional groups attached to an aromatic ring is 1. The van der Waals surface area contributed by atoms with Gasteiger partial charge in [0.2, 0.25) is 0 Å². The average molecular weight is 379 g/mol. The molecule has 0 saturated heterocycles. The van der Waals surface area contributed by atoms with Crippen molar-refractivity contribution in [1.29, 1.82) is 0 Å². The monoisotopic (exact) mass is 378 g/mol. The van der Waals surface area contributed by atoms with Gasteiger partial charge in [0.15, 0.2) is 5.76 Å². The molecule has 3 aromatic rings. The molecule has 0 bridgehead atoms. The lowest BCUT2D eigenvalue weighted by atomic mass is 10.2. The Morgan fingerprint density at radius 1 is 1.12 bits per heavy atom. The van der Waals surface area contributed by atoms with E-state index in [0.717, 1.165) is 5.56 Å². The number of benzene rings is 2. The minimum atomic E-state index is -0.526. The van der Waals surface area contributed by atoms with Crippen LogP contribution in [0.1, 0.15) is 16.1 Å². The van der Waals surface area contributed by atoms with Crippen LogP contribution in [0.4, 0.5) is 15.8 Å². The standard InChI is InChI=1S/C18H13Cl2FN2O2/c1-9-6-14(22)15(8-11(9)19)23-18(24)17-5-4-16(25-17)10-2-3-13(21)12(20)7-10/h2-8H,22H2,1H3,(H,23,24). The zero-order chi connectivity index (χ0) is 18.1. The predicted octanol–water partition coefficient (Wildman–Crippen LogP) is 5.54. The molecular weight excluding hydrogens is 366 g/mol. The number of nitrogens with one attached hydrogen (secondary N) is 1. The smallest absolute Gasteiger partial charge is 0.291 e. The number of rotatable bonds is 3. The van der Waals surface area contributed by atoms with Gasteiger partial charge in [-0.05, 0) is 55.0 Å². The maximum atomic E-state index is 13.2. The molecule has 0 aliphatic carbocycles. The van der Waals surface area contributed by atoms with E-state index in [1.165, 1.54) is 24.3 Å². The third-order valence-corrected chi connectivity index (χ3v) is 4.31. The number of amides is 1. The molecule has 1 amide bonds. The summed E-state index contributed by atoms with van der Waals surface area (Å²) in [5, 5.41) is 3.12. The van der Waals surface area contributed by atoms with E-state index in [1.807, 2.05) is 6.92 Å². The van der Waals surface area contributed by atoms with Crippen molar-refractivity contribution in [1.82, 2.24) is 0 Å². The Hall–Kier alpha value is -2.50. The normalized spacial score (nSPS) is 10.7. The first kappa shape index (κ1) is 17.3. The summed E-state index contributed by atoms with van der Waals surface area (Å²) in [6.07, 6.45) is 0. The number of aryl methyl sites for hydroxylation is 1. The van der Waals surface area contributed by atoms with Crippen LogP contribution in [0, 0.1) is 12.7 Å². The number of carbonyl (C=O) groups excluding carboxylic acids is 1. The summed E-state index contributed by atoms with van der Waals surface area (Å²) in [5.74, 6) is -0.541. The highest BCUT2D eigenvalue weighted by molar-refractivity contribution is 6.32. The van der Waals surface area contributed by atoms with E-state index in [2.05, 4.69) is 5.32 Å². The van der Waals surface area contributed by atoms with Gasteiger partial charge in [0, 0.05) is 10.6 Å². The molecular formula is C18H13Cl2FN2O2. The number of carbonyl (C=O) groups is 1. The van der Waals surface area contributed by atoms with Crippen LogP contribution in [0.15, 0.2) is 46.9 Å². The van der Waals surface area contributed by atoms with Crippen molar-refractivity contribution in [2.24, 2.45) is 0 Å². The van der Waals surface area contributed by atoms with Crippen molar-refractivity contribution in [2.45, 2.75) is 6.92 Å². The van der Waals surface area contributed by atoms with E-state index in [1.54, 1.807) is 18.2 Å². The van der Waals surface area contributed by atoms with Crippen LogP contribution >= 0.6 is 23.2 Å². The molecule has 0 unspecified atom stereocenters. The zero-order valence-corrected chi connectivity index (χ0v) is 14.6. The Labute approximate surface area is 153 Å². The summed E-state index contributed by atoms with van der Waals surface area (Å²) in [6.45, 7) is 1.82. The number of hydrogen-bond donors (Lipinski definition) is 2. The van der Waals surface area contributed by atoms with E-state index in [-0.39, 0.29) is 10.8 Å². The molecule has 0 atom stereocenters. The largest absolute Gasteiger partial charge is 0.451 e. The molecule has 0 spiro atoms. The third kappa shape index (κ3) is 3.62. The lowest BCUT2D eigenvalue weighted by molar-refractivity contribution is 0.0997. The molecule has 3 rings (SSSR count). The lowest BCUT2D eigenvalue weighted by Gasteiger charge is -2.09. The first-order valence-electron chi connectivity index (χ1n) is 7.27. The SMILES string of the molecule is Cc1cc(N)c(NC(=O)c2ccc(-c3ccc(F)c(Cl)c3)o2)cc1Cl. The predicted molar refractivity (Wildman–Crippen MR) is 97.7 cm³/mol. The highest BCUT2D eigenvalue weighted by Gasteiger charge is 2.15. The molecule has 25 heavy (non-hydrogen) atoms. The molecule has 0 saturated carbocycles. The summed E-state index contributed by atoms with van der Waals surface area (Å²) in [4.78, 5) is 12.3. The maximum absolute atomic E-state index is 13.2. The van der Waals surface area contributed by atoms with Crippen LogP contribution in [0.5, 0.6) is 0 Å². The van der Waals surface area contributed by atoms with Crippen molar-refractivity contribution in [2.75, 3.05) is 11.1 Å². The lowest BCUT2D eigenvalue weighted by Crippen LogP contribution is -2.12. The molecule has 0 fully saturated rings. The Balaban J connectivity index is 1.83. The van der Waals surface area contributed by atoms with Crippen LogP contribution in [0.3, 0.4) is 0 Å². The fourth-order valence-electron chi connectivity index (χ4n) is 2.26. The van der Waals surface area contributed by atoms with E-state index >= 15 is 0 Å². The molecule has 2 aromatic carbocycles. The Morgan fingerprint density at radius 2 is 1.88 bits per heavy atom. The summed E-state index contributed by atoms with van der Waals surface area (Å²) < 4.78 is 18.8. The molecule has 1 heterocycles. The van der Waals surface area contributed by atoms with Gasteiger partial charge in [-0.3, -0.25) is 4.79 Å². The number of nitrogens with two attached hydrogens (primary N) is 1. The zero-order valence-electron chi connectivity index (χ0n) is 13.1. The number of hydrogen-bond acceptors (Lipinski definition) is 3. The summed E-state index contributed by atoms with van der Waals surface area (Å²) >= 11 is 11.8. The highest BCUT2D eigenvalue weighted by atomic mass is 35.5. The topological polar surface area (TPSA) is 68.3 Å². The van der Waals surface area contributed by atoms with Gasteiger partial charge in [-0.25, -0.2) is 4.39 Å². The Kier molecular flexibility index (Phi) is 4.70. The average Bonchev–Trinajstić information content (AvgIpc) is 3.05. The molecule has 7 heteroatoms. The fraction of sp³-hybridized carbons (Fsp3) is 0.0556. The van der Waals surface area contributed by atoms with Crippen LogP contribution in [-0.4, -0.2) is 5.91 Å². The van der Waals surface area contributed by atoms with Crippen molar-refractivity contribution >= 4 is 40.5 Å². The second kappa shape index (κ2) is 6.78. The second-order valence-electron chi connectivity index (χ2n) is 5.44. The van der Waals surface area contributed by atoms with Gasteiger partial charge in [-0.2, -0.15) is 0 Å². The van der Waals surface area contributed by atoms with Gasteiger partial charge in [-0.15, -0.1) is 0 Å². The van der Waals surface area contributed by atoms with Crippen LogP contribution in [0.2, 0.25) is 10.0 Å². The van der Waals surface area contributed by atoms with E-state index in [4.69, 9.17) is 33.4 Å². The molecule has 3 N–H and O–H groups in total. The van der Waals surface area contributed by atoms with Gasteiger partial charge >= 0.3 is 0 Å². The quantitative estimate of drug-likeness (QED) is 0.588. The Morgan fingerprint density at radius 3 is 2.60 bits per heavy atom. The first-order chi connectivity index (χ1) is 11.8. The van der Waals surface area contributed by atoms with Crippen molar-refractivity contribution in [3.05, 3.63) is 69.7 Å². The molecule has 0 aliphatic rings. The highest BCUT2D eigenvalue weighted by Crippen LogP contribution is 2.29. The van der Waals surface area contributed by atoms with Crippen LogP contribution in [0.25, 0.3) is 11.3 Å². The summed E-state index contributed by atoms with van der Waals surface area (Å²) in [6, 6.07) is 10.5. The van der Waals surface area contributed by atoms with Crippen molar-refractivity contribution in [3.8, 4) is 11.3 Å². The van der Waals surface area contributed by atoms with E-state index in [0.29, 0.717) is 27.7 Å². The minimum absolute atomic E-state index is 0.0260. The molecule has 4 nitrogen and oxygen atoms in total. The first-order valence-corrected chi connectivity index (χ1v) is 8.03. The van der Waals surface area contributed by atoms with Gasteiger partial charge in [-0.1, -0.05) is 23.2 Å². The minimum Gasteiger partial charge on any atom is -0.451 e. The van der Waals surface area contributed by atoms with Crippen LogP contribution < -0.4 is 11.1 Å². The van der Waals surface area contributed by atoms with Gasteiger partial charge in [0.05, 0.1) is 16.4 Å². The summed E-state index contributed by atoms with van der Waals surface area (Å²) in [7, 11) is 0. The van der Waals surface area contributed by atoms with Crippen molar-refractivity contribution in [3.63, 3.8) is 0 Å². The van der Waals surface area contributed by atoms with E-state index in [9.17, 15) is 9.18 Å². The Bertz CT molecular complexity index is 970. The number of anilines is 2. The third-order valence-electron chi connectivity index (χ3n) is 3.61. The van der Waals surface area contributed by atoms with Gasteiger partial charge in [0.25, 0.3) is 5.91 Å². The molecule has 128 valence electrons. The summed E-state index contributed by atoms with van der Waals surface area (Å²) in [5.41, 5.74) is 8.05. The van der Waals surface area contributed by atoms with E-state index < -0.39 is 11.7 Å². The molecule has 0 radical (unpaired) electrons. The van der Waals surface area contributed by atoms with Crippen molar-refractivity contribution < 1.29 is 13.6 Å². The second-order valence-corrected chi connectivity index (χ2v) is 6.25.